The molecule has 1 saturated carbocycles. The molecule has 0 spiro atoms. The van der Waals surface area contributed by atoms with Crippen molar-refractivity contribution in [3.05, 3.63) is 0 Å². The molecule has 0 radical (unpaired) electrons. The molecule has 102 valence electrons. The highest BCUT2D eigenvalue weighted by molar-refractivity contribution is 7.80. The summed E-state index contributed by atoms with van der Waals surface area (Å²) < 4.78 is 6.05. The van der Waals surface area contributed by atoms with Gasteiger partial charge in [-0.2, -0.15) is 12.6 Å². The van der Waals surface area contributed by atoms with E-state index in [-0.39, 0.29) is 0 Å². The summed E-state index contributed by atoms with van der Waals surface area (Å²) in [6, 6.07) is 0. The highest BCUT2D eigenvalue weighted by Gasteiger charge is 2.32. The van der Waals surface area contributed by atoms with E-state index in [1.54, 1.807) is 0 Å². The Morgan fingerprint density at radius 2 is 1.82 bits per heavy atom. The van der Waals surface area contributed by atoms with E-state index in [0.29, 0.717) is 11.5 Å². The van der Waals surface area contributed by atoms with Gasteiger partial charge >= 0.3 is 0 Å². The SMILES string of the molecule is CC1CC(OCCCCCCS)CC(C)(C)C1. The van der Waals surface area contributed by atoms with E-state index in [2.05, 4.69) is 33.4 Å². The molecule has 2 atom stereocenters. The summed E-state index contributed by atoms with van der Waals surface area (Å²) in [5.74, 6) is 1.85. The lowest BCUT2D eigenvalue weighted by atomic mass is 9.71. The minimum Gasteiger partial charge on any atom is -0.378 e. The molecule has 0 aliphatic heterocycles. The Hall–Kier alpha value is 0.310. The minimum atomic E-state index is 0.481. The van der Waals surface area contributed by atoms with Crippen molar-refractivity contribution in [2.45, 2.75) is 71.8 Å². The number of hydrogen-bond donors (Lipinski definition) is 1. The molecule has 0 bridgehead atoms. The topological polar surface area (TPSA) is 9.23 Å². The molecule has 17 heavy (non-hydrogen) atoms. The predicted molar refractivity (Wildman–Crippen MR) is 78.9 cm³/mol. The smallest absolute Gasteiger partial charge is 0.0582 e. The molecule has 1 fully saturated rings. The number of rotatable bonds is 7. The van der Waals surface area contributed by atoms with E-state index in [1.807, 2.05) is 0 Å². The fourth-order valence-electron chi connectivity index (χ4n) is 3.20. The van der Waals surface area contributed by atoms with Gasteiger partial charge in [0.1, 0.15) is 0 Å². The van der Waals surface area contributed by atoms with Gasteiger partial charge in [0.15, 0.2) is 0 Å². The molecule has 1 rings (SSSR count). The van der Waals surface area contributed by atoms with Crippen LogP contribution in [-0.2, 0) is 4.74 Å². The molecule has 1 aliphatic rings. The summed E-state index contributed by atoms with van der Waals surface area (Å²) in [4.78, 5) is 0. The first-order chi connectivity index (χ1) is 8.03. The molecule has 0 heterocycles. The summed E-state index contributed by atoms with van der Waals surface area (Å²) in [7, 11) is 0. The summed E-state index contributed by atoms with van der Waals surface area (Å²) in [6.45, 7) is 8.08. The summed E-state index contributed by atoms with van der Waals surface area (Å²) in [5, 5.41) is 0. The van der Waals surface area contributed by atoms with Gasteiger partial charge in [0.2, 0.25) is 0 Å². The first-order valence-electron chi connectivity index (χ1n) is 7.26. The molecule has 1 nitrogen and oxygen atoms in total. The monoisotopic (exact) mass is 258 g/mol. The Labute approximate surface area is 113 Å². The molecule has 0 aromatic carbocycles. The van der Waals surface area contributed by atoms with E-state index in [0.717, 1.165) is 18.3 Å². The van der Waals surface area contributed by atoms with Gasteiger partial charge in [-0.25, -0.2) is 0 Å². The van der Waals surface area contributed by atoms with Crippen molar-refractivity contribution < 1.29 is 4.74 Å². The van der Waals surface area contributed by atoms with Gasteiger partial charge in [-0.15, -0.1) is 0 Å². The van der Waals surface area contributed by atoms with E-state index in [1.165, 1.54) is 44.9 Å². The molecule has 0 saturated heterocycles. The number of thiol groups is 1. The molecule has 0 N–H and O–H groups in total. The van der Waals surface area contributed by atoms with Gasteiger partial charge < -0.3 is 4.74 Å². The van der Waals surface area contributed by atoms with Crippen molar-refractivity contribution >= 4 is 12.6 Å². The van der Waals surface area contributed by atoms with Crippen LogP contribution in [0.15, 0.2) is 0 Å². The number of hydrogen-bond acceptors (Lipinski definition) is 2. The van der Waals surface area contributed by atoms with Gasteiger partial charge in [-0.3, -0.25) is 0 Å². The second-order valence-electron chi connectivity index (χ2n) is 6.54. The highest BCUT2D eigenvalue weighted by Crippen LogP contribution is 2.39. The molecule has 0 aromatic heterocycles. The fourth-order valence-corrected chi connectivity index (χ4v) is 3.43. The van der Waals surface area contributed by atoms with Crippen LogP contribution in [0, 0.1) is 11.3 Å². The quantitative estimate of drug-likeness (QED) is 0.514. The van der Waals surface area contributed by atoms with Crippen molar-refractivity contribution in [2.75, 3.05) is 12.4 Å². The summed E-state index contributed by atoms with van der Waals surface area (Å²) >= 11 is 4.23. The maximum absolute atomic E-state index is 6.05. The molecule has 0 aromatic rings. The van der Waals surface area contributed by atoms with Crippen LogP contribution in [0.1, 0.15) is 65.7 Å². The third kappa shape index (κ3) is 6.71. The zero-order valence-corrected chi connectivity index (χ0v) is 12.8. The van der Waals surface area contributed by atoms with Gasteiger partial charge in [0.25, 0.3) is 0 Å². The molecule has 2 unspecified atom stereocenters. The van der Waals surface area contributed by atoms with Gasteiger partial charge in [-0.1, -0.05) is 33.6 Å². The van der Waals surface area contributed by atoms with Crippen LogP contribution in [0.5, 0.6) is 0 Å². The molecule has 1 aliphatic carbocycles. The Bertz CT molecular complexity index is 203. The van der Waals surface area contributed by atoms with Crippen LogP contribution in [0.4, 0.5) is 0 Å². The normalized spacial score (nSPS) is 28.2. The van der Waals surface area contributed by atoms with Crippen molar-refractivity contribution in [2.24, 2.45) is 11.3 Å². The Morgan fingerprint density at radius 3 is 2.47 bits per heavy atom. The summed E-state index contributed by atoms with van der Waals surface area (Å²) in [6.07, 6.45) is 9.45. The highest BCUT2D eigenvalue weighted by atomic mass is 32.1. The largest absolute Gasteiger partial charge is 0.378 e. The van der Waals surface area contributed by atoms with E-state index in [9.17, 15) is 0 Å². The average Bonchev–Trinajstić information content (AvgIpc) is 2.20. The van der Waals surface area contributed by atoms with Crippen molar-refractivity contribution in [1.29, 1.82) is 0 Å². The number of unbranched alkanes of at least 4 members (excludes halogenated alkanes) is 3. The van der Waals surface area contributed by atoms with Gasteiger partial charge in [0, 0.05) is 6.61 Å². The van der Waals surface area contributed by atoms with Crippen LogP contribution in [0.25, 0.3) is 0 Å². The molecular formula is C15H30OS. The molecule has 0 amide bonds. The molecular weight excluding hydrogens is 228 g/mol. The van der Waals surface area contributed by atoms with Crippen molar-refractivity contribution in [3.63, 3.8) is 0 Å². The van der Waals surface area contributed by atoms with Crippen LogP contribution in [0.2, 0.25) is 0 Å². The van der Waals surface area contributed by atoms with Crippen LogP contribution in [-0.4, -0.2) is 18.5 Å². The maximum Gasteiger partial charge on any atom is 0.0582 e. The third-order valence-electron chi connectivity index (χ3n) is 3.75. The fraction of sp³-hybridized carbons (Fsp3) is 1.00. The lowest BCUT2D eigenvalue weighted by Gasteiger charge is -2.38. The number of ether oxygens (including phenoxy) is 1. The average molecular weight is 258 g/mol. The Kier molecular flexibility index (Phi) is 6.94. The predicted octanol–water partition coefficient (Wildman–Crippen LogP) is 4.71. The lowest BCUT2D eigenvalue weighted by molar-refractivity contribution is -0.0240. The van der Waals surface area contributed by atoms with E-state index >= 15 is 0 Å². The first kappa shape index (κ1) is 15.4. The summed E-state index contributed by atoms with van der Waals surface area (Å²) in [5.41, 5.74) is 0.481. The van der Waals surface area contributed by atoms with Crippen LogP contribution in [0.3, 0.4) is 0 Å². The van der Waals surface area contributed by atoms with Crippen molar-refractivity contribution in [1.82, 2.24) is 0 Å². The maximum atomic E-state index is 6.05. The second-order valence-corrected chi connectivity index (χ2v) is 6.99. The zero-order chi connectivity index (χ0) is 12.7. The Morgan fingerprint density at radius 1 is 1.12 bits per heavy atom. The van der Waals surface area contributed by atoms with Crippen molar-refractivity contribution in [3.8, 4) is 0 Å². The standard InChI is InChI=1S/C15H30OS/c1-13-10-14(12-15(2,3)11-13)16-8-6-4-5-7-9-17/h13-14,17H,4-12H2,1-3H3. The third-order valence-corrected chi connectivity index (χ3v) is 4.07. The van der Waals surface area contributed by atoms with Crippen LogP contribution >= 0.6 is 12.6 Å². The van der Waals surface area contributed by atoms with E-state index in [4.69, 9.17) is 4.74 Å². The molecule has 2 heteroatoms. The second kappa shape index (κ2) is 7.68. The lowest BCUT2D eigenvalue weighted by Crippen LogP contribution is -2.32. The van der Waals surface area contributed by atoms with Gasteiger partial charge in [-0.05, 0) is 49.2 Å². The Balaban J connectivity index is 2.10. The first-order valence-corrected chi connectivity index (χ1v) is 7.89. The van der Waals surface area contributed by atoms with E-state index < -0.39 is 0 Å². The minimum absolute atomic E-state index is 0.481. The zero-order valence-electron chi connectivity index (χ0n) is 11.9. The van der Waals surface area contributed by atoms with Crippen LogP contribution < -0.4 is 0 Å². The van der Waals surface area contributed by atoms with Gasteiger partial charge in [0.05, 0.1) is 6.10 Å².